The van der Waals surface area contributed by atoms with Gasteiger partial charge in [0.2, 0.25) is 0 Å². The maximum absolute atomic E-state index is 13.5. The molecule has 1 aliphatic heterocycles. The van der Waals surface area contributed by atoms with E-state index in [4.69, 9.17) is 28.6 Å². The fraction of sp³-hybridized carbons (Fsp3) is 0.214. The molecule has 38 heavy (non-hydrogen) atoms. The smallest absolute Gasteiger partial charge is 0.416 e. The summed E-state index contributed by atoms with van der Waals surface area (Å²) in [6.07, 6.45) is -2.72. The van der Waals surface area contributed by atoms with Crippen LogP contribution in [0.2, 0.25) is 5.02 Å². The van der Waals surface area contributed by atoms with Crippen LogP contribution in [0, 0.1) is 13.8 Å². The molecule has 1 aliphatic rings. The third-order valence-corrected chi connectivity index (χ3v) is 7.34. The molecule has 1 saturated heterocycles. The molecule has 1 N–H and O–H groups in total. The third-order valence-electron chi connectivity index (χ3n) is 6.73. The summed E-state index contributed by atoms with van der Waals surface area (Å²) in [6, 6.07) is 17.8. The number of thiocarbonyl (C=S) groups is 1. The zero-order valence-electron chi connectivity index (χ0n) is 20.8. The first-order valence-corrected chi connectivity index (χ1v) is 12.6. The summed E-state index contributed by atoms with van der Waals surface area (Å²) >= 11 is 12.3. The van der Waals surface area contributed by atoms with Crippen molar-refractivity contribution in [2.24, 2.45) is 0 Å². The van der Waals surface area contributed by atoms with Crippen molar-refractivity contribution in [2.45, 2.75) is 32.1 Å². The van der Waals surface area contributed by atoms with Crippen LogP contribution in [0.4, 0.5) is 18.9 Å². The summed E-state index contributed by atoms with van der Waals surface area (Å²) in [7, 11) is 1.55. The first-order chi connectivity index (χ1) is 18.1. The van der Waals surface area contributed by atoms with Gasteiger partial charge in [0.1, 0.15) is 5.75 Å². The Hall–Kier alpha value is -3.56. The summed E-state index contributed by atoms with van der Waals surface area (Å²) in [5.41, 5.74) is 3.75. The quantitative estimate of drug-likeness (QED) is 0.260. The summed E-state index contributed by atoms with van der Waals surface area (Å²) in [5.74, 6) is 0.536. The van der Waals surface area contributed by atoms with Crippen LogP contribution in [0.25, 0.3) is 5.69 Å². The Labute approximate surface area is 228 Å². The SMILES string of the molecule is COc1ccc(N2C(=S)N[C@H](c3ccccn3)[C@H]2c2cc(C)n(-c3cccc(C(F)(F)F)c3)c2C)cc1Cl. The van der Waals surface area contributed by atoms with Crippen LogP contribution in [0.3, 0.4) is 0 Å². The summed E-state index contributed by atoms with van der Waals surface area (Å²) in [6.45, 7) is 3.78. The van der Waals surface area contributed by atoms with Crippen molar-refractivity contribution in [2.75, 3.05) is 12.0 Å². The van der Waals surface area contributed by atoms with E-state index in [2.05, 4.69) is 10.3 Å². The van der Waals surface area contributed by atoms with E-state index in [-0.39, 0.29) is 12.1 Å². The maximum atomic E-state index is 13.5. The molecule has 5 rings (SSSR count). The van der Waals surface area contributed by atoms with Crippen LogP contribution in [-0.4, -0.2) is 21.8 Å². The van der Waals surface area contributed by atoms with Crippen LogP contribution in [-0.2, 0) is 6.18 Å². The lowest BCUT2D eigenvalue weighted by Gasteiger charge is -2.28. The van der Waals surface area contributed by atoms with Crippen molar-refractivity contribution in [1.29, 1.82) is 0 Å². The first-order valence-electron chi connectivity index (χ1n) is 11.8. The van der Waals surface area contributed by atoms with Crippen molar-refractivity contribution in [3.8, 4) is 11.4 Å². The number of hydrogen-bond acceptors (Lipinski definition) is 3. The van der Waals surface area contributed by atoms with Crippen molar-refractivity contribution in [3.05, 3.63) is 106 Å². The van der Waals surface area contributed by atoms with E-state index in [9.17, 15) is 13.2 Å². The summed E-state index contributed by atoms with van der Waals surface area (Å²) < 4.78 is 47.6. The predicted molar refractivity (Wildman–Crippen MR) is 146 cm³/mol. The van der Waals surface area contributed by atoms with Gasteiger partial charge >= 0.3 is 6.18 Å². The number of benzene rings is 2. The third kappa shape index (κ3) is 4.61. The van der Waals surface area contributed by atoms with Gasteiger partial charge in [-0.05, 0) is 86.2 Å². The van der Waals surface area contributed by atoms with Gasteiger partial charge in [0.25, 0.3) is 0 Å². The van der Waals surface area contributed by atoms with Crippen molar-refractivity contribution in [1.82, 2.24) is 14.9 Å². The van der Waals surface area contributed by atoms with Crippen LogP contribution >= 0.6 is 23.8 Å². The number of anilines is 1. The second-order valence-corrected chi connectivity index (χ2v) is 9.82. The van der Waals surface area contributed by atoms with Gasteiger partial charge in [-0.3, -0.25) is 4.98 Å². The summed E-state index contributed by atoms with van der Waals surface area (Å²) in [5, 5.41) is 4.32. The predicted octanol–water partition coefficient (Wildman–Crippen LogP) is 7.35. The summed E-state index contributed by atoms with van der Waals surface area (Å²) in [4.78, 5) is 6.54. The van der Waals surface area contributed by atoms with E-state index in [0.717, 1.165) is 34.4 Å². The van der Waals surface area contributed by atoms with Gasteiger partial charge in [-0.15, -0.1) is 0 Å². The van der Waals surface area contributed by atoms with Gasteiger partial charge in [0.15, 0.2) is 5.11 Å². The van der Waals surface area contributed by atoms with E-state index in [1.165, 1.54) is 12.1 Å². The molecule has 4 aromatic rings. The number of aryl methyl sites for hydroxylation is 1. The molecule has 2 aromatic carbocycles. The number of nitrogens with zero attached hydrogens (tertiary/aromatic N) is 3. The number of methoxy groups -OCH3 is 1. The van der Waals surface area contributed by atoms with Crippen molar-refractivity contribution < 1.29 is 17.9 Å². The number of aromatic nitrogens is 2. The molecular weight excluding hydrogens is 533 g/mol. The van der Waals surface area contributed by atoms with E-state index in [1.54, 1.807) is 31.5 Å². The molecular formula is C28H24ClF3N4OS. The number of halogens is 4. The molecule has 0 bridgehead atoms. The van der Waals surface area contributed by atoms with Gasteiger partial charge in [-0.2, -0.15) is 13.2 Å². The Morgan fingerprint density at radius 3 is 2.45 bits per heavy atom. The largest absolute Gasteiger partial charge is 0.495 e. The standard InChI is InChI=1S/C28H24ClF3N4OS/c1-16-13-21(17(2)35(16)19-8-6-7-18(14-19)28(30,31)32)26-25(23-9-4-5-12-33-23)34-27(38)36(26)20-10-11-24(37-3)22(29)15-20/h4-15,25-26H,1-3H3,(H,34,38)/t25-,26-/m1/s1. The Morgan fingerprint density at radius 1 is 1.00 bits per heavy atom. The van der Waals surface area contributed by atoms with Crippen LogP contribution in [0.1, 0.15) is 40.3 Å². The number of nitrogens with one attached hydrogen (secondary N) is 1. The van der Waals surface area contributed by atoms with Crippen molar-refractivity contribution in [3.63, 3.8) is 0 Å². The normalized spacial score (nSPS) is 17.6. The molecule has 0 unspecified atom stereocenters. The molecule has 10 heteroatoms. The molecule has 2 aromatic heterocycles. The number of hydrogen-bond donors (Lipinski definition) is 1. The highest BCUT2D eigenvalue weighted by Crippen LogP contribution is 2.45. The molecule has 0 amide bonds. The van der Waals surface area contributed by atoms with Gasteiger partial charge in [0, 0.05) is 29.0 Å². The molecule has 0 radical (unpaired) electrons. The van der Waals surface area contributed by atoms with E-state index in [1.807, 2.05) is 53.6 Å². The molecule has 0 aliphatic carbocycles. The van der Waals surface area contributed by atoms with E-state index >= 15 is 0 Å². The molecule has 196 valence electrons. The van der Waals surface area contributed by atoms with Crippen LogP contribution in [0.5, 0.6) is 5.75 Å². The van der Waals surface area contributed by atoms with Gasteiger partial charge in [-0.25, -0.2) is 0 Å². The molecule has 1 fully saturated rings. The Balaban J connectivity index is 1.67. The second kappa shape index (κ2) is 9.96. The highest BCUT2D eigenvalue weighted by molar-refractivity contribution is 7.80. The van der Waals surface area contributed by atoms with Gasteiger partial charge < -0.3 is 19.5 Å². The number of alkyl halides is 3. The minimum absolute atomic E-state index is 0.319. The van der Waals surface area contributed by atoms with Crippen LogP contribution in [0.15, 0.2) is 72.9 Å². The first kappa shape index (κ1) is 26.1. The fourth-order valence-electron chi connectivity index (χ4n) is 5.06. The lowest BCUT2D eigenvalue weighted by Crippen LogP contribution is -2.29. The zero-order valence-corrected chi connectivity index (χ0v) is 22.3. The Morgan fingerprint density at radius 2 is 1.79 bits per heavy atom. The maximum Gasteiger partial charge on any atom is 0.416 e. The Kier molecular flexibility index (Phi) is 6.83. The monoisotopic (exact) mass is 556 g/mol. The minimum Gasteiger partial charge on any atom is -0.495 e. The minimum atomic E-state index is -4.44. The van der Waals surface area contributed by atoms with E-state index < -0.39 is 11.7 Å². The lowest BCUT2D eigenvalue weighted by molar-refractivity contribution is -0.137. The van der Waals surface area contributed by atoms with Crippen LogP contribution < -0.4 is 15.0 Å². The topological polar surface area (TPSA) is 42.3 Å². The molecule has 0 saturated carbocycles. The number of rotatable bonds is 5. The van der Waals surface area contributed by atoms with E-state index in [0.29, 0.717) is 21.6 Å². The second-order valence-electron chi connectivity index (χ2n) is 9.03. The molecule has 5 nitrogen and oxygen atoms in total. The highest BCUT2D eigenvalue weighted by Gasteiger charge is 2.42. The Bertz CT molecular complexity index is 1510. The average Bonchev–Trinajstić information content (AvgIpc) is 3.39. The average molecular weight is 557 g/mol. The lowest BCUT2D eigenvalue weighted by atomic mass is 9.96. The number of ether oxygens (including phenoxy) is 1. The highest BCUT2D eigenvalue weighted by atomic mass is 35.5. The fourth-order valence-corrected chi connectivity index (χ4v) is 5.66. The number of pyridine rings is 1. The molecule has 0 spiro atoms. The molecule has 3 heterocycles. The van der Waals surface area contributed by atoms with Crippen molar-refractivity contribution >= 4 is 34.6 Å². The van der Waals surface area contributed by atoms with Gasteiger partial charge in [-0.1, -0.05) is 23.7 Å². The zero-order chi connectivity index (χ0) is 27.2. The van der Waals surface area contributed by atoms with Gasteiger partial charge in [0.05, 0.1) is 35.5 Å². The molecule has 2 atom stereocenters.